The van der Waals surface area contributed by atoms with E-state index in [-0.39, 0.29) is 18.0 Å². The van der Waals surface area contributed by atoms with Crippen LogP contribution in [0.2, 0.25) is 0 Å². The molecule has 1 aliphatic heterocycles. The number of pyridine rings is 1. The largest absolute Gasteiger partial charge is 0.505 e. The van der Waals surface area contributed by atoms with Crippen molar-refractivity contribution in [1.82, 2.24) is 15.6 Å². The number of hydrogen-bond donors (Lipinski definition) is 4. The van der Waals surface area contributed by atoms with Crippen molar-refractivity contribution in [3.8, 4) is 5.75 Å². The molecule has 1 saturated heterocycles. The number of aliphatic hydroxyl groups is 1. The molecule has 1 aromatic heterocycles. The van der Waals surface area contributed by atoms with Crippen LogP contribution in [0.4, 0.5) is 0 Å². The zero-order valence-electron chi connectivity index (χ0n) is 21.8. The van der Waals surface area contributed by atoms with Crippen molar-refractivity contribution in [2.24, 2.45) is 11.8 Å². The fourth-order valence-corrected chi connectivity index (χ4v) is 4.69. The molecule has 2 amide bonds. The maximum absolute atomic E-state index is 13.6. The van der Waals surface area contributed by atoms with E-state index in [2.05, 4.69) is 15.6 Å². The minimum Gasteiger partial charge on any atom is -0.505 e. The molecule has 2 aliphatic rings. The van der Waals surface area contributed by atoms with Gasteiger partial charge in [0, 0.05) is 12.1 Å². The first-order chi connectivity index (χ1) is 18.7. The molecule has 6 unspecified atom stereocenters. The molecule has 4 N–H and O–H groups in total. The minimum absolute atomic E-state index is 0.174. The molecule has 11 heteroatoms. The molecule has 6 atom stereocenters. The molecule has 1 aromatic carbocycles. The number of aromatic nitrogens is 1. The van der Waals surface area contributed by atoms with Crippen LogP contribution in [-0.4, -0.2) is 69.3 Å². The third-order valence-electron chi connectivity index (χ3n) is 7.32. The Morgan fingerprint density at radius 1 is 1.05 bits per heavy atom. The van der Waals surface area contributed by atoms with Gasteiger partial charge in [-0.2, -0.15) is 0 Å². The third-order valence-corrected chi connectivity index (χ3v) is 7.32. The van der Waals surface area contributed by atoms with Crippen molar-refractivity contribution in [2.45, 2.75) is 69.9 Å². The summed E-state index contributed by atoms with van der Waals surface area (Å²) < 4.78 is 11.2. The Kier molecular flexibility index (Phi) is 8.80. The summed E-state index contributed by atoms with van der Waals surface area (Å²) in [6.45, 7) is 2.90. The molecule has 0 radical (unpaired) electrons. The molecule has 2 heterocycles. The second-order valence-corrected chi connectivity index (χ2v) is 10.1. The summed E-state index contributed by atoms with van der Waals surface area (Å²) in [4.78, 5) is 56.6. The van der Waals surface area contributed by atoms with Gasteiger partial charge < -0.3 is 30.3 Å². The van der Waals surface area contributed by atoms with Crippen LogP contribution >= 0.6 is 0 Å². The molecule has 11 nitrogen and oxygen atoms in total. The summed E-state index contributed by atoms with van der Waals surface area (Å²) in [7, 11) is 0. The van der Waals surface area contributed by atoms with E-state index in [0.717, 1.165) is 12.0 Å². The van der Waals surface area contributed by atoms with Gasteiger partial charge >= 0.3 is 11.9 Å². The van der Waals surface area contributed by atoms with Crippen molar-refractivity contribution >= 4 is 23.8 Å². The fraction of sp³-hybridized carbons (Fsp3) is 0.464. The summed E-state index contributed by atoms with van der Waals surface area (Å²) in [6.07, 6.45) is -0.0887. The lowest BCUT2D eigenvalue weighted by Gasteiger charge is -2.36. The van der Waals surface area contributed by atoms with E-state index in [0.29, 0.717) is 12.8 Å². The second-order valence-electron chi connectivity index (χ2n) is 10.1. The van der Waals surface area contributed by atoms with Crippen LogP contribution in [0.15, 0.2) is 48.7 Å². The lowest BCUT2D eigenvalue weighted by Crippen LogP contribution is -2.59. The highest BCUT2D eigenvalue weighted by atomic mass is 16.6. The van der Waals surface area contributed by atoms with Gasteiger partial charge in [-0.05, 0) is 50.8 Å². The first kappa shape index (κ1) is 28.0. The molecule has 208 valence electrons. The Morgan fingerprint density at radius 3 is 2.41 bits per heavy atom. The van der Waals surface area contributed by atoms with E-state index >= 15 is 0 Å². The number of amides is 2. The molecule has 4 rings (SSSR count). The van der Waals surface area contributed by atoms with Crippen LogP contribution in [0, 0.1) is 11.8 Å². The number of cyclic esters (lactones) is 2. The lowest BCUT2D eigenvalue weighted by molar-refractivity contribution is -0.183. The summed E-state index contributed by atoms with van der Waals surface area (Å²) in [5.74, 6) is -4.93. The van der Waals surface area contributed by atoms with Gasteiger partial charge in [0.1, 0.15) is 17.9 Å². The van der Waals surface area contributed by atoms with Crippen LogP contribution in [0.5, 0.6) is 5.75 Å². The lowest BCUT2D eigenvalue weighted by atomic mass is 9.81. The standard InChI is InChI=1S/C28H33N3O8/c1-15-23(33)19(14-17-8-4-3-5-9-17)30-25(34)21(31-26(35)22-20(32)12-7-13-29-22)16(2)38-28(37)24(39-27(15)36)18-10-6-11-18/h3-5,7-9,12-13,15-16,18-19,21,23-24,32-33H,6,10-11,14H2,1-2H3,(H,30,34)(H,31,35). The first-order valence-electron chi connectivity index (χ1n) is 13.0. The molecule has 2 fully saturated rings. The highest BCUT2D eigenvalue weighted by Gasteiger charge is 2.43. The van der Waals surface area contributed by atoms with E-state index < -0.39 is 65.8 Å². The van der Waals surface area contributed by atoms with Crippen molar-refractivity contribution in [1.29, 1.82) is 0 Å². The normalized spacial score (nSPS) is 28.5. The third kappa shape index (κ3) is 6.54. The smallest absolute Gasteiger partial charge is 0.348 e. The highest BCUT2D eigenvalue weighted by Crippen LogP contribution is 2.33. The number of nitrogens with one attached hydrogen (secondary N) is 2. The minimum atomic E-state index is -1.42. The number of carbonyl (C=O) groups is 4. The number of ether oxygens (including phenoxy) is 2. The van der Waals surface area contributed by atoms with Gasteiger partial charge in [0.25, 0.3) is 5.91 Å². The molecule has 1 aliphatic carbocycles. The predicted octanol–water partition coefficient (Wildman–Crippen LogP) is 1.27. The van der Waals surface area contributed by atoms with Crippen LogP contribution in [-0.2, 0) is 30.3 Å². The Labute approximate surface area is 225 Å². The average molecular weight is 540 g/mol. The van der Waals surface area contributed by atoms with Gasteiger partial charge in [-0.15, -0.1) is 0 Å². The Balaban J connectivity index is 1.67. The SMILES string of the molecule is CC1OC(=O)C(C2CCC2)OC(=O)C(C)C(O)C(Cc2ccccc2)NC(=O)C1NC(=O)c1ncccc1O. The van der Waals surface area contributed by atoms with E-state index in [1.807, 2.05) is 30.3 Å². The van der Waals surface area contributed by atoms with Crippen molar-refractivity contribution in [2.75, 3.05) is 0 Å². The molecule has 1 saturated carbocycles. The monoisotopic (exact) mass is 539 g/mol. The van der Waals surface area contributed by atoms with Gasteiger partial charge in [-0.3, -0.25) is 14.4 Å². The van der Waals surface area contributed by atoms with Crippen molar-refractivity contribution in [3.63, 3.8) is 0 Å². The Bertz CT molecular complexity index is 1200. The van der Waals surface area contributed by atoms with Gasteiger partial charge in [0.05, 0.1) is 18.1 Å². The van der Waals surface area contributed by atoms with E-state index in [4.69, 9.17) is 9.47 Å². The topological polar surface area (TPSA) is 164 Å². The number of benzene rings is 1. The zero-order valence-corrected chi connectivity index (χ0v) is 21.8. The van der Waals surface area contributed by atoms with E-state index in [1.54, 1.807) is 0 Å². The molecule has 0 spiro atoms. The number of aromatic hydroxyl groups is 1. The van der Waals surface area contributed by atoms with Crippen LogP contribution in [0.3, 0.4) is 0 Å². The predicted molar refractivity (Wildman–Crippen MR) is 137 cm³/mol. The van der Waals surface area contributed by atoms with Gasteiger partial charge in [0.2, 0.25) is 12.0 Å². The van der Waals surface area contributed by atoms with Crippen LogP contribution in [0.25, 0.3) is 0 Å². The first-order valence-corrected chi connectivity index (χ1v) is 13.0. The molecule has 2 aromatic rings. The molecule has 0 bridgehead atoms. The Hall–Kier alpha value is -3.99. The Morgan fingerprint density at radius 2 is 1.77 bits per heavy atom. The van der Waals surface area contributed by atoms with E-state index in [9.17, 15) is 29.4 Å². The summed E-state index contributed by atoms with van der Waals surface area (Å²) in [6, 6.07) is 9.43. The number of hydrogen-bond acceptors (Lipinski definition) is 9. The van der Waals surface area contributed by atoms with Gasteiger partial charge in [-0.1, -0.05) is 36.8 Å². The molecular weight excluding hydrogens is 506 g/mol. The highest BCUT2D eigenvalue weighted by molar-refractivity contribution is 5.98. The van der Waals surface area contributed by atoms with Crippen molar-refractivity contribution < 1.29 is 38.9 Å². The summed E-state index contributed by atoms with van der Waals surface area (Å²) in [5.41, 5.74) is 0.478. The number of carbonyl (C=O) groups excluding carboxylic acids is 4. The maximum Gasteiger partial charge on any atom is 0.348 e. The number of esters is 2. The zero-order chi connectivity index (χ0) is 28.1. The molecule has 39 heavy (non-hydrogen) atoms. The fourth-order valence-electron chi connectivity index (χ4n) is 4.69. The van der Waals surface area contributed by atoms with Crippen molar-refractivity contribution in [3.05, 3.63) is 59.9 Å². The summed E-state index contributed by atoms with van der Waals surface area (Å²) in [5, 5.41) is 26.5. The number of nitrogens with zero attached hydrogens (tertiary/aromatic N) is 1. The van der Waals surface area contributed by atoms with E-state index in [1.165, 1.54) is 32.2 Å². The summed E-state index contributed by atoms with van der Waals surface area (Å²) >= 11 is 0. The number of rotatable bonds is 5. The second kappa shape index (κ2) is 12.2. The van der Waals surface area contributed by atoms with Crippen LogP contribution in [0.1, 0.15) is 49.2 Å². The van der Waals surface area contributed by atoms with Crippen LogP contribution < -0.4 is 10.6 Å². The maximum atomic E-state index is 13.6. The average Bonchev–Trinajstić information content (AvgIpc) is 2.89. The quantitative estimate of drug-likeness (QED) is 0.410. The number of aliphatic hydroxyl groups excluding tert-OH is 1. The molecular formula is C28H33N3O8. The van der Waals surface area contributed by atoms with Gasteiger partial charge in [-0.25, -0.2) is 9.78 Å². The van der Waals surface area contributed by atoms with Gasteiger partial charge in [0.15, 0.2) is 5.69 Å².